The van der Waals surface area contributed by atoms with Gasteiger partial charge in [0.2, 0.25) is 0 Å². The molecule has 0 aliphatic rings. The average molecular weight is 313 g/mol. The maximum atomic E-state index is 11.2. The van der Waals surface area contributed by atoms with Crippen molar-refractivity contribution in [2.75, 3.05) is 13.2 Å². The summed E-state index contributed by atoms with van der Waals surface area (Å²) in [7, 11) is 0. The van der Waals surface area contributed by atoms with E-state index in [-0.39, 0.29) is 11.7 Å². The van der Waals surface area contributed by atoms with Gasteiger partial charge >= 0.3 is 0 Å². The molecule has 0 saturated heterocycles. The van der Waals surface area contributed by atoms with Crippen molar-refractivity contribution < 1.29 is 14.3 Å². The number of benzene rings is 1. The first-order valence-corrected chi connectivity index (χ1v) is 7.99. The molecule has 1 rings (SSSR count). The molecule has 0 fully saturated rings. The summed E-state index contributed by atoms with van der Waals surface area (Å²) in [6.07, 6.45) is 2.32. The number of rotatable bonds is 9. The van der Waals surface area contributed by atoms with Crippen LogP contribution in [-0.2, 0) is 4.79 Å². The third-order valence-electron chi connectivity index (χ3n) is 3.44. The van der Waals surface area contributed by atoms with Gasteiger partial charge in [0, 0.05) is 17.5 Å². The van der Waals surface area contributed by atoms with Gasteiger partial charge in [0.05, 0.1) is 13.2 Å². The molecule has 0 amide bonds. The average Bonchev–Trinajstić information content (AvgIpc) is 2.43. The molecule has 118 valence electrons. The van der Waals surface area contributed by atoms with Gasteiger partial charge in [-0.15, -0.1) is 0 Å². The van der Waals surface area contributed by atoms with Crippen LogP contribution in [0.5, 0.6) is 11.5 Å². The zero-order valence-corrected chi connectivity index (χ0v) is 14.1. The molecule has 0 saturated carbocycles. The molecule has 0 aromatic heterocycles. The maximum Gasteiger partial charge on any atom is 0.162 e. The summed E-state index contributed by atoms with van der Waals surface area (Å²) in [6, 6.07) is 3.78. The van der Waals surface area contributed by atoms with E-state index in [1.165, 1.54) is 0 Å². The highest BCUT2D eigenvalue weighted by atomic mass is 35.5. The van der Waals surface area contributed by atoms with Gasteiger partial charge in [-0.25, -0.2) is 0 Å². The minimum Gasteiger partial charge on any atom is -0.490 e. The SMILES string of the molecule is CCOc1cc(Cl)c(C(CC)CCC(C)=O)cc1OCC. The summed E-state index contributed by atoms with van der Waals surface area (Å²) in [5.41, 5.74) is 1.03. The Morgan fingerprint density at radius 1 is 1.14 bits per heavy atom. The van der Waals surface area contributed by atoms with Crippen LogP contribution in [0.1, 0.15) is 58.4 Å². The van der Waals surface area contributed by atoms with Gasteiger partial charge in [0.25, 0.3) is 0 Å². The largest absolute Gasteiger partial charge is 0.490 e. The number of carbonyl (C=O) groups excluding carboxylic acids is 1. The minimum atomic E-state index is 0.209. The summed E-state index contributed by atoms with van der Waals surface area (Å²) in [5, 5.41) is 0.678. The summed E-state index contributed by atoms with van der Waals surface area (Å²) in [6.45, 7) is 8.75. The quantitative estimate of drug-likeness (QED) is 0.643. The minimum absolute atomic E-state index is 0.209. The second kappa shape index (κ2) is 8.93. The standard InChI is InChI=1S/C17H25ClO3/c1-5-13(9-8-12(4)19)14-10-16(20-6-2)17(21-7-3)11-15(14)18/h10-11,13H,5-9H2,1-4H3. The molecule has 4 heteroatoms. The van der Waals surface area contributed by atoms with Crippen molar-refractivity contribution in [2.24, 2.45) is 0 Å². The van der Waals surface area contributed by atoms with Crippen molar-refractivity contribution in [3.05, 3.63) is 22.7 Å². The number of Topliss-reactive ketones (excluding diaryl/α,β-unsaturated/α-hetero) is 1. The van der Waals surface area contributed by atoms with Gasteiger partial charge < -0.3 is 14.3 Å². The molecule has 0 heterocycles. The van der Waals surface area contributed by atoms with Gasteiger partial charge in [-0.05, 0) is 51.2 Å². The van der Waals surface area contributed by atoms with Crippen molar-refractivity contribution >= 4 is 17.4 Å². The Morgan fingerprint density at radius 3 is 2.19 bits per heavy atom. The lowest BCUT2D eigenvalue weighted by molar-refractivity contribution is -0.117. The van der Waals surface area contributed by atoms with Crippen molar-refractivity contribution in [3.8, 4) is 11.5 Å². The fraction of sp³-hybridized carbons (Fsp3) is 0.588. The molecule has 0 N–H and O–H groups in total. The fourth-order valence-corrected chi connectivity index (χ4v) is 2.67. The Kier molecular flexibility index (Phi) is 7.58. The fourth-order valence-electron chi connectivity index (χ4n) is 2.36. The predicted molar refractivity (Wildman–Crippen MR) is 86.7 cm³/mol. The van der Waals surface area contributed by atoms with E-state index in [0.717, 1.165) is 24.2 Å². The lowest BCUT2D eigenvalue weighted by atomic mass is 9.91. The van der Waals surface area contributed by atoms with Crippen LogP contribution in [0.2, 0.25) is 5.02 Å². The highest BCUT2D eigenvalue weighted by Crippen LogP contribution is 2.39. The van der Waals surface area contributed by atoms with Crippen LogP contribution >= 0.6 is 11.6 Å². The maximum absolute atomic E-state index is 11.2. The van der Waals surface area contributed by atoms with E-state index >= 15 is 0 Å². The molecule has 0 bridgehead atoms. The Bertz CT molecular complexity index is 471. The highest BCUT2D eigenvalue weighted by molar-refractivity contribution is 6.31. The first-order chi connectivity index (χ1) is 10.0. The second-order valence-electron chi connectivity index (χ2n) is 5.03. The van der Waals surface area contributed by atoms with Crippen molar-refractivity contribution in [2.45, 2.75) is 52.9 Å². The Balaban J connectivity index is 3.09. The molecular weight excluding hydrogens is 288 g/mol. The highest BCUT2D eigenvalue weighted by Gasteiger charge is 2.18. The topological polar surface area (TPSA) is 35.5 Å². The Labute approximate surface area is 132 Å². The lowest BCUT2D eigenvalue weighted by Gasteiger charge is -2.19. The van der Waals surface area contributed by atoms with E-state index in [9.17, 15) is 4.79 Å². The van der Waals surface area contributed by atoms with E-state index in [0.29, 0.717) is 30.4 Å². The molecule has 1 unspecified atom stereocenters. The molecule has 1 atom stereocenters. The molecular formula is C17H25ClO3. The summed E-state index contributed by atoms with van der Waals surface area (Å²) in [5.74, 6) is 1.87. The number of hydrogen-bond acceptors (Lipinski definition) is 3. The zero-order chi connectivity index (χ0) is 15.8. The van der Waals surface area contributed by atoms with Crippen molar-refractivity contribution in [1.82, 2.24) is 0 Å². The normalized spacial score (nSPS) is 12.0. The van der Waals surface area contributed by atoms with Gasteiger partial charge in [0.1, 0.15) is 5.78 Å². The van der Waals surface area contributed by atoms with Crippen LogP contribution < -0.4 is 9.47 Å². The van der Waals surface area contributed by atoms with E-state index in [4.69, 9.17) is 21.1 Å². The lowest BCUT2D eigenvalue weighted by Crippen LogP contribution is -2.04. The number of ketones is 1. The van der Waals surface area contributed by atoms with Gasteiger partial charge in [-0.2, -0.15) is 0 Å². The number of hydrogen-bond donors (Lipinski definition) is 0. The monoisotopic (exact) mass is 312 g/mol. The molecule has 21 heavy (non-hydrogen) atoms. The Hall–Kier alpha value is -1.22. The van der Waals surface area contributed by atoms with Crippen LogP contribution in [0.4, 0.5) is 0 Å². The van der Waals surface area contributed by atoms with Crippen LogP contribution in [-0.4, -0.2) is 19.0 Å². The zero-order valence-electron chi connectivity index (χ0n) is 13.4. The summed E-state index contributed by atoms with van der Waals surface area (Å²) >= 11 is 6.41. The third kappa shape index (κ3) is 5.24. The molecule has 1 aromatic carbocycles. The van der Waals surface area contributed by atoms with E-state index < -0.39 is 0 Å². The third-order valence-corrected chi connectivity index (χ3v) is 3.77. The van der Waals surface area contributed by atoms with Crippen molar-refractivity contribution in [1.29, 1.82) is 0 Å². The first kappa shape index (κ1) is 17.8. The first-order valence-electron chi connectivity index (χ1n) is 7.61. The van der Waals surface area contributed by atoms with Crippen LogP contribution in [0.3, 0.4) is 0 Å². The molecule has 3 nitrogen and oxygen atoms in total. The number of ether oxygens (including phenoxy) is 2. The smallest absolute Gasteiger partial charge is 0.162 e. The van der Waals surface area contributed by atoms with Crippen LogP contribution in [0.25, 0.3) is 0 Å². The molecule has 0 aliphatic carbocycles. The number of carbonyl (C=O) groups is 1. The molecule has 1 aromatic rings. The second-order valence-corrected chi connectivity index (χ2v) is 5.44. The van der Waals surface area contributed by atoms with Crippen molar-refractivity contribution in [3.63, 3.8) is 0 Å². The van der Waals surface area contributed by atoms with Gasteiger partial charge in [0.15, 0.2) is 11.5 Å². The summed E-state index contributed by atoms with van der Waals surface area (Å²) in [4.78, 5) is 11.2. The summed E-state index contributed by atoms with van der Waals surface area (Å²) < 4.78 is 11.2. The van der Waals surface area contributed by atoms with E-state index in [1.807, 2.05) is 26.0 Å². The molecule has 0 aliphatic heterocycles. The predicted octanol–water partition coefficient (Wildman–Crippen LogP) is 5.00. The molecule has 0 radical (unpaired) electrons. The van der Waals surface area contributed by atoms with Crippen LogP contribution in [0.15, 0.2) is 12.1 Å². The van der Waals surface area contributed by atoms with E-state index in [1.54, 1.807) is 6.92 Å². The van der Waals surface area contributed by atoms with Gasteiger partial charge in [-0.1, -0.05) is 18.5 Å². The number of halogens is 1. The molecule has 0 spiro atoms. The van der Waals surface area contributed by atoms with E-state index in [2.05, 4.69) is 6.92 Å². The Morgan fingerprint density at radius 2 is 1.71 bits per heavy atom. The van der Waals surface area contributed by atoms with Crippen LogP contribution in [0, 0.1) is 0 Å². The van der Waals surface area contributed by atoms with Gasteiger partial charge in [-0.3, -0.25) is 0 Å².